The van der Waals surface area contributed by atoms with Gasteiger partial charge in [0.1, 0.15) is 0 Å². The van der Waals surface area contributed by atoms with Gasteiger partial charge in [-0.25, -0.2) is 4.79 Å². The summed E-state index contributed by atoms with van der Waals surface area (Å²) < 4.78 is 14.4. The van der Waals surface area contributed by atoms with Crippen LogP contribution in [0.1, 0.15) is 72.1 Å². The Kier molecular flexibility index (Phi) is 4.40. The second-order valence-corrected chi connectivity index (χ2v) is 9.74. The highest BCUT2D eigenvalue weighted by Crippen LogP contribution is 2.68. The Balaban J connectivity index is 1.72. The summed E-state index contributed by atoms with van der Waals surface area (Å²) in [6.07, 6.45) is 8.97. The average molecular weight is 374 g/mol. The maximum atomic E-state index is 14.4. The molecule has 0 aromatic carbocycles. The first kappa shape index (κ1) is 18.9. The summed E-state index contributed by atoms with van der Waals surface area (Å²) in [6, 6.07) is 0. The molecule has 27 heavy (non-hydrogen) atoms. The van der Waals surface area contributed by atoms with Crippen molar-refractivity contribution in [3.8, 4) is 0 Å². The van der Waals surface area contributed by atoms with Gasteiger partial charge in [-0.3, -0.25) is 4.79 Å². The lowest BCUT2D eigenvalue weighted by atomic mass is 9.45. The summed E-state index contributed by atoms with van der Waals surface area (Å²) >= 11 is 0. The molecule has 148 valence electrons. The van der Waals surface area contributed by atoms with Crippen molar-refractivity contribution in [2.75, 3.05) is 0 Å². The van der Waals surface area contributed by atoms with Crippen molar-refractivity contribution in [3.63, 3.8) is 0 Å². The predicted octanol–water partition coefficient (Wildman–Crippen LogP) is 5.46. The monoisotopic (exact) mass is 374 g/mol. The molecule has 4 heteroatoms. The zero-order valence-electron chi connectivity index (χ0n) is 16.7. The highest BCUT2D eigenvalue weighted by molar-refractivity contribution is 5.92. The number of allylic oxidation sites excluding steroid dienone is 2. The van der Waals surface area contributed by atoms with Gasteiger partial charge >= 0.3 is 5.97 Å². The maximum absolute atomic E-state index is 14.4. The molecule has 0 saturated heterocycles. The van der Waals surface area contributed by atoms with E-state index >= 15 is 0 Å². The van der Waals surface area contributed by atoms with Gasteiger partial charge in [-0.1, -0.05) is 32.8 Å². The van der Waals surface area contributed by atoms with E-state index in [1.807, 2.05) is 6.08 Å². The van der Waals surface area contributed by atoms with E-state index in [0.717, 1.165) is 38.5 Å². The fourth-order valence-electron chi connectivity index (χ4n) is 7.64. The Morgan fingerprint density at radius 1 is 1.22 bits per heavy atom. The van der Waals surface area contributed by atoms with E-state index < -0.39 is 11.8 Å². The normalized spacial score (nSPS) is 45.5. The van der Waals surface area contributed by atoms with Gasteiger partial charge in [-0.2, -0.15) is 4.39 Å². The maximum Gasteiger partial charge on any atom is 0.364 e. The molecule has 3 nitrogen and oxygen atoms in total. The molecule has 0 spiro atoms. The first-order valence-electron chi connectivity index (χ1n) is 10.6. The first-order valence-corrected chi connectivity index (χ1v) is 10.6. The molecule has 0 aromatic rings. The van der Waals surface area contributed by atoms with E-state index in [-0.39, 0.29) is 16.6 Å². The third kappa shape index (κ3) is 2.51. The Labute approximate surface area is 161 Å². The zero-order chi connectivity index (χ0) is 19.6. The number of rotatable bonds is 2. The minimum atomic E-state index is -1.41. The topological polar surface area (TPSA) is 54.4 Å². The molecule has 0 aromatic heterocycles. The number of halogens is 1. The second-order valence-electron chi connectivity index (χ2n) is 9.74. The Hall–Kier alpha value is -1.45. The molecule has 3 saturated carbocycles. The number of hydrogen-bond donors (Lipinski definition) is 1. The molecule has 0 radical (unpaired) electrons. The SMILES string of the molecule is CC[C@H]1CC(=O)C=C2CC[C@@H]3[C@H](CC[C@]4(C)C(=C(F)C(=O)O)CC[C@@H]34)[C@]21C. The second kappa shape index (κ2) is 6.28. The van der Waals surface area contributed by atoms with Gasteiger partial charge in [-0.15, -0.1) is 0 Å². The van der Waals surface area contributed by atoms with Crippen molar-refractivity contribution >= 4 is 11.8 Å². The van der Waals surface area contributed by atoms with Crippen molar-refractivity contribution < 1.29 is 19.1 Å². The number of fused-ring (bicyclic) bond motifs is 5. The summed E-state index contributed by atoms with van der Waals surface area (Å²) in [5, 5.41) is 9.19. The minimum absolute atomic E-state index is 0.0741. The highest BCUT2D eigenvalue weighted by atomic mass is 19.1. The molecule has 0 heterocycles. The van der Waals surface area contributed by atoms with Crippen LogP contribution in [0.15, 0.2) is 23.0 Å². The van der Waals surface area contributed by atoms with Gasteiger partial charge in [0, 0.05) is 6.42 Å². The van der Waals surface area contributed by atoms with Gasteiger partial charge in [0.25, 0.3) is 0 Å². The van der Waals surface area contributed by atoms with Crippen molar-refractivity contribution in [2.45, 2.75) is 72.1 Å². The highest BCUT2D eigenvalue weighted by Gasteiger charge is 2.60. The predicted molar refractivity (Wildman–Crippen MR) is 102 cm³/mol. The van der Waals surface area contributed by atoms with Gasteiger partial charge in [0.15, 0.2) is 5.78 Å². The third-order valence-electron chi connectivity index (χ3n) is 9.01. The van der Waals surface area contributed by atoms with Crippen LogP contribution in [0, 0.1) is 34.5 Å². The van der Waals surface area contributed by atoms with Crippen LogP contribution in [0.25, 0.3) is 0 Å². The number of hydrogen-bond acceptors (Lipinski definition) is 2. The van der Waals surface area contributed by atoms with Gasteiger partial charge in [0.2, 0.25) is 5.83 Å². The summed E-state index contributed by atoms with van der Waals surface area (Å²) in [7, 11) is 0. The van der Waals surface area contributed by atoms with Crippen LogP contribution in [0.5, 0.6) is 0 Å². The van der Waals surface area contributed by atoms with Gasteiger partial charge in [0.05, 0.1) is 0 Å². The molecule has 0 unspecified atom stereocenters. The standard InChI is InChI=1S/C23H31FO3/c1-4-13-11-15(25)12-14-5-6-16-17-7-8-19(20(24)21(26)27)22(17,2)10-9-18(16)23(13,14)3/h12-13,16-18H,4-11H2,1-3H3,(H,26,27)/t13-,16-,17-,18-,22-,23-/m0/s1. The van der Waals surface area contributed by atoms with Crippen LogP contribution < -0.4 is 0 Å². The summed E-state index contributed by atoms with van der Waals surface area (Å²) in [4.78, 5) is 23.5. The van der Waals surface area contributed by atoms with E-state index in [9.17, 15) is 19.1 Å². The van der Waals surface area contributed by atoms with Crippen LogP contribution in [0.3, 0.4) is 0 Å². The molecule has 3 fully saturated rings. The lowest BCUT2D eigenvalue weighted by Crippen LogP contribution is -2.52. The number of carboxylic acid groups (broad SMARTS) is 1. The number of carboxylic acids is 1. The molecule has 4 rings (SSSR count). The lowest BCUT2D eigenvalue weighted by Gasteiger charge is -2.59. The molecule has 0 aliphatic heterocycles. The quantitative estimate of drug-likeness (QED) is 0.653. The van der Waals surface area contributed by atoms with E-state index in [1.54, 1.807) is 0 Å². The van der Waals surface area contributed by atoms with Crippen molar-refractivity contribution in [2.24, 2.45) is 34.5 Å². The third-order valence-corrected chi connectivity index (χ3v) is 9.01. The molecule has 6 atom stereocenters. The van der Waals surface area contributed by atoms with E-state index in [1.165, 1.54) is 5.57 Å². The van der Waals surface area contributed by atoms with Crippen LogP contribution >= 0.6 is 0 Å². The van der Waals surface area contributed by atoms with Gasteiger partial charge in [-0.05, 0) is 84.7 Å². The Morgan fingerprint density at radius 2 is 1.96 bits per heavy atom. The van der Waals surface area contributed by atoms with Crippen molar-refractivity contribution in [1.82, 2.24) is 0 Å². The number of carbonyl (C=O) groups is 2. The molecular formula is C23H31FO3. The minimum Gasteiger partial charge on any atom is -0.476 e. The fraction of sp³-hybridized carbons (Fsp3) is 0.739. The molecule has 4 aliphatic carbocycles. The van der Waals surface area contributed by atoms with Crippen LogP contribution in [0.2, 0.25) is 0 Å². The molecular weight excluding hydrogens is 343 g/mol. The smallest absolute Gasteiger partial charge is 0.364 e. The Morgan fingerprint density at radius 3 is 2.63 bits per heavy atom. The number of carbonyl (C=O) groups excluding carboxylic acids is 1. The molecule has 1 N–H and O–H groups in total. The molecule has 4 aliphatic rings. The fourth-order valence-corrected chi connectivity index (χ4v) is 7.64. The molecule has 0 amide bonds. The average Bonchev–Trinajstić information content (AvgIpc) is 2.98. The lowest BCUT2D eigenvalue weighted by molar-refractivity contribution is -0.134. The number of aliphatic carboxylic acids is 1. The molecule has 0 bridgehead atoms. The van der Waals surface area contributed by atoms with Crippen molar-refractivity contribution in [3.05, 3.63) is 23.0 Å². The van der Waals surface area contributed by atoms with Gasteiger partial charge < -0.3 is 5.11 Å². The van der Waals surface area contributed by atoms with E-state index in [2.05, 4.69) is 20.8 Å². The summed E-state index contributed by atoms with van der Waals surface area (Å²) in [5.41, 5.74) is 1.66. The van der Waals surface area contributed by atoms with Crippen LogP contribution in [-0.4, -0.2) is 16.9 Å². The van der Waals surface area contributed by atoms with Crippen molar-refractivity contribution in [1.29, 1.82) is 0 Å². The zero-order valence-corrected chi connectivity index (χ0v) is 16.7. The van der Waals surface area contributed by atoms with Crippen LogP contribution in [0.4, 0.5) is 4.39 Å². The Bertz CT molecular complexity index is 751. The van der Waals surface area contributed by atoms with E-state index in [0.29, 0.717) is 42.1 Å². The van der Waals surface area contributed by atoms with E-state index in [4.69, 9.17) is 0 Å². The first-order chi connectivity index (χ1) is 12.7. The largest absolute Gasteiger partial charge is 0.476 e. The number of ketones is 1. The van der Waals surface area contributed by atoms with Crippen LogP contribution in [-0.2, 0) is 9.59 Å². The summed E-state index contributed by atoms with van der Waals surface area (Å²) in [5.74, 6) is -0.238. The summed E-state index contributed by atoms with van der Waals surface area (Å²) in [6.45, 7) is 6.68.